The van der Waals surface area contributed by atoms with Gasteiger partial charge in [0.1, 0.15) is 6.29 Å². The summed E-state index contributed by atoms with van der Waals surface area (Å²) in [5.41, 5.74) is 1.85. The van der Waals surface area contributed by atoms with Crippen LogP contribution < -0.4 is 4.90 Å². The van der Waals surface area contributed by atoms with Gasteiger partial charge < -0.3 is 9.69 Å². The molecule has 0 unspecified atom stereocenters. The Morgan fingerprint density at radius 2 is 2.20 bits per heavy atom. The molecule has 1 aromatic carbocycles. The van der Waals surface area contributed by atoms with E-state index in [0.717, 1.165) is 24.0 Å². The standard InChI is InChI=1S/C12H13NO2/c1-9(15)13-7-6-10(8-14)11-4-2-3-5-12(11)13/h2-5,8,10H,6-7H2,1H3/t10-/m1/s1. The first kappa shape index (κ1) is 9.90. The van der Waals surface area contributed by atoms with Crippen LogP contribution in [0.5, 0.6) is 0 Å². The minimum Gasteiger partial charge on any atom is -0.312 e. The van der Waals surface area contributed by atoms with Crippen molar-refractivity contribution in [1.82, 2.24) is 0 Å². The Morgan fingerprint density at radius 3 is 2.87 bits per heavy atom. The average Bonchev–Trinajstić information content (AvgIpc) is 2.27. The van der Waals surface area contributed by atoms with Gasteiger partial charge in [-0.1, -0.05) is 18.2 Å². The number of carbonyl (C=O) groups excluding carboxylic acids is 2. The molecule has 0 spiro atoms. The van der Waals surface area contributed by atoms with Gasteiger partial charge in [-0.3, -0.25) is 4.79 Å². The molecule has 15 heavy (non-hydrogen) atoms. The van der Waals surface area contributed by atoms with Crippen LogP contribution in [-0.4, -0.2) is 18.7 Å². The Kier molecular flexibility index (Phi) is 2.54. The third-order valence-corrected chi connectivity index (χ3v) is 2.84. The third kappa shape index (κ3) is 1.65. The molecule has 0 saturated heterocycles. The number of amides is 1. The van der Waals surface area contributed by atoms with Crippen molar-refractivity contribution in [2.75, 3.05) is 11.4 Å². The van der Waals surface area contributed by atoms with Crippen LogP contribution >= 0.6 is 0 Å². The minimum absolute atomic E-state index is 0.0341. The largest absolute Gasteiger partial charge is 0.312 e. The molecular weight excluding hydrogens is 190 g/mol. The fourth-order valence-corrected chi connectivity index (χ4v) is 2.06. The maximum absolute atomic E-state index is 11.4. The van der Waals surface area contributed by atoms with Crippen LogP contribution in [0.25, 0.3) is 0 Å². The van der Waals surface area contributed by atoms with E-state index in [4.69, 9.17) is 0 Å². The summed E-state index contributed by atoms with van der Waals surface area (Å²) in [5, 5.41) is 0. The highest BCUT2D eigenvalue weighted by atomic mass is 16.2. The van der Waals surface area contributed by atoms with Crippen LogP contribution in [0.1, 0.15) is 24.8 Å². The lowest BCUT2D eigenvalue weighted by atomic mass is 9.91. The van der Waals surface area contributed by atoms with Crippen molar-refractivity contribution in [1.29, 1.82) is 0 Å². The number of anilines is 1. The zero-order valence-electron chi connectivity index (χ0n) is 8.64. The lowest BCUT2D eigenvalue weighted by molar-refractivity contribution is -0.117. The van der Waals surface area contributed by atoms with Crippen LogP contribution in [-0.2, 0) is 9.59 Å². The maximum Gasteiger partial charge on any atom is 0.223 e. The van der Waals surface area contributed by atoms with Gasteiger partial charge in [-0.2, -0.15) is 0 Å². The van der Waals surface area contributed by atoms with Crippen molar-refractivity contribution in [2.45, 2.75) is 19.3 Å². The number of benzene rings is 1. The SMILES string of the molecule is CC(=O)N1CC[C@H](C=O)c2ccccc21. The van der Waals surface area contributed by atoms with Gasteiger partial charge in [0.15, 0.2) is 0 Å². The quantitative estimate of drug-likeness (QED) is 0.652. The Morgan fingerprint density at radius 1 is 1.47 bits per heavy atom. The van der Waals surface area contributed by atoms with Crippen LogP contribution in [0.15, 0.2) is 24.3 Å². The molecule has 0 saturated carbocycles. The van der Waals surface area contributed by atoms with Crippen molar-refractivity contribution >= 4 is 17.9 Å². The fraction of sp³-hybridized carbons (Fsp3) is 0.333. The number of rotatable bonds is 1. The predicted molar refractivity (Wildman–Crippen MR) is 57.9 cm³/mol. The second-order valence-corrected chi connectivity index (χ2v) is 3.76. The lowest BCUT2D eigenvalue weighted by Crippen LogP contribution is -2.35. The van der Waals surface area contributed by atoms with Gasteiger partial charge in [-0.05, 0) is 18.1 Å². The molecule has 3 nitrogen and oxygen atoms in total. The number of carbonyl (C=O) groups is 2. The van der Waals surface area contributed by atoms with Crippen LogP contribution in [0.3, 0.4) is 0 Å². The molecule has 1 aliphatic heterocycles. The molecule has 78 valence electrons. The van der Waals surface area contributed by atoms with E-state index in [1.54, 1.807) is 11.8 Å². The highest BCUT2D eigenvalue weighted by molar-refractivity contribution is 5.94. The fourth-order valence-electron chi connectivity index (χ4n) is 2.06. The van der Waals surface area contributed by atoms with Crippen molar-refractivity contribution in [3.8, 4) is 0 Å². The molecule has 1 aromatic rings. The van der Waals surface area contributed by atoms with E-state index in [9.17, 15) is 9.59 Å². The molecule has 0 fully saturated rings. The van der Waals surface area contributed by atoms with Crippen molar-refractivity contribution in [3.63, 3.8) is 0 Å². The highest BCUT2D eigenvalue weighted by Gasteiger charge is 2.25. The second kappa shape index (κ2) is 3.85. The zero-order chi connectivity index (χ0) is 10.8. The highest BCUT2D eigenvalue weighted by Crippen LogP contribution is 2.33. The molecule has 3 heteroatoms. The van der Waals surface area contributed by atoms with E-state index in [2.05, 4.69) is 0 Å². The first-order valence-corrected chi connectivity index (χ1v) is 5.06. The summed E-state index contributed by atoms with van der Waals surface area (Å²) in [6.07, 6.45) is 1.69. The maximum atomic E-state index is 11.4. The summed E-state index contributed by atoms with van der Waals surface area (Å²) < 4.78 is 0. The molecule has 1 aliphatic rings. The van der Waals surface area contributed by atoms with E-state index >= 15 is 0 Å². The normalized spacial score (nSPS) is 19.5. The number of aldehydes is 1. The molecule has 0 bridgehead atoms. The Balaban J connectivity index is 2.47. The van der Waals surface area contributed by atoms with Crippen LogP contribution in [0.2, 0.25) is 0 Å². The number of nitrogens with zero attached hydrogens (tertiary/aromatic N) is 1. The molecule has 1 amide bonds. The van der Waals surface area contributed by atoms with Gasteiger partial charge in [0.05, 0.1) is 0 Å². The molecule has 0 aliphatic carbocycles. The summed E-state index contributed by atoms with van der Waals surface area (Å²) in [4.78, 5) is 24.0. The predicted octanol–water partition coefficient (Wildman–Crippen LogP) is 1.73. The summed E-state index contributed by atoms with van der Waals surface area (Å²) in [5.74, 6) is -0.0244. The summed E-state index contributed by atoms with van der Waals surface area (Å²) in [6, 6.07) is 7.61. The molecule has 0 radical (unpaired) electrons. The van der Waals surface area contributed by atoms with E-state index < -0.39 is 0 Å². The monoisotopic (exact) mass is 203 g/mol. The Hall–Kier alpha value is -1.64. The van der Waals surface area contributed by atoms with Crippen molar-refractivity contribution in [2.24, 2.45) is 0 Å². The van der Waals surface area contributed by atoms with Gasteiger partial charge in [-0.15, -0.1) is 0 Å². The molecule has 1 heterocycles. The first-order chi connectivity index (χ1) is 7.24. The van der Waals surface area contributed by atoms with Crippen LogP contribution in [0.4, 0.5) is 5.69 Å². The first-order valence-electron chi connectivity index (χ1n) is 5.06. The lowest BCUT2D eigenvalue weighted by Gasteiger charge is -2.31. The Bertz CT molecular complexity index is 400. The van der Waals surface area contributed by atoms with E-state index in [1.165, 1.54) is 0 Å². The minimum atomic E-state index is -0.0585. The second-order valence-electron chi connectivity index (χ2n) is 3.76. The average molecular weight is 203 g/mol. The van der Waals surface area contributed by atoms with E-state index in [-0.39, 0.29) is 11.8 Å². The smallest absolute Gasteiger partial charge is 0.223 e. The van der Waals surface area contributed by atoms with Gasteiger partial charge in [-0.25, -0.2) is 0 Å². The number of fused-ring (bicyclic) bond motifs is 1. The summed E-state index contributed by atoms with van der Waals surface area (Å²) >= 11 is 0. The zero-order valence-corrected chi connectivity index (χ0v) is 8.64. The third-order valence-electron chi connectivity index (χ3n) is 2.84. The van der Waals surface area contributed by atoms with Gasteiger partial charge in [0, 0.05) is 25.1 Å². The van der Waals surface area contributed by atoms with E-state index in [1.807, 2.05) is 24.3 Å². The summed E-state index contributed by atoms with van der Waals surface area (Å²) in [7, 11) is 0. The number of hydrogen-bond donors (Lipinski definition) is 0. The number of para-hydroxylation sites is 1. The molecular formula is C12H13NO2. The number of hydrogen-bond acceptors (Lipinski definition) is 2. The van der Waals surface area contributed by atoms with Crippen LogP contribution in [0, 0.1) is 0 Å². The van der Waals surface area contributed by atoms with E-state index in [0.29, 0.717) is 6.54 Å². The molecule has 0 aromatic heterocycles. The van der Waals surface area contributed by atoms with Gasteiger partial charge >= 0.3 is 0 Å². The molecule has 2 rings (SSSR count). The Labute approximate surface area is 88.7 Å². The van der Waals surface area contributed by atoms with Gasteiger partial charge in [0.25, 0.3) is 0 Å². The molecule has 1 atom stereocenters. The summed E-state index contributed by atoms with van der Waals surface area (Å²) in [6.45, 7) is 2.19. The van der Waals surface area contributed by atoms with Crippen molar-refractivity contribution in [3.05, 3.63) is 29.8 Å². The topological polar surface area (TPSA) is 37.4 Å². The van der Waals surface area contributed by atoms with Crippen molar-refractivity contribution < 1.29 is 9.59 Å². The van der Waals surface area contributed by atoms with Gasteiger partial charge in [0.2, 0.25) is 5.91 Å². The molecule has 0 N–H and O–H groups in total.